The van der Waals surface area contributed by atoms with Crippen molar-refractivity contribution in [1.82, 2.24) is 42.3 Å². The number of hydroxylamine groups is 2. The molecular formula is C89H168Cl3N11O45S. The molecule has 6 fully saturated rings. The molecule has 6 aliphatic heterocycles. The zero-order valence-electron chi connectivity index (χ0n) is 92.5. The molecule has 9 amide bonds. The molecule has 19 N–H and O–H groups in total. The molecule has 0 aromatic carbocycles. The number of hydrogen-bond donors (Lipinski definition) is 17. The summed E-state index contributed by atoms with van der Waals surface area (Å²) in [6, 6.07) is 0. The molecule has 0 bridgehead atoms. The van der Waals surface area contributed by atoms with E-state index in [1.54, 1.807) is 76.2 Å². The van der Waals surface area contributed by atoms with Gasteiger partial charge in [-0.25, -0.2) is 28.8 Å². The van der Waals surface area contributed by atoms with Crippen LogP contribution in [0.25, 0.3) is 0 Å². The Morgan fingerprint density at radius 1 is 0.490 bits per heavy atom. The molecule has 60 heteroatoms. The smallest absolute Gasteiger partial charge is 0.407 e. The number of rotatable bonds is 37. The van der Waals surface area contributed by atoms with Gasteiger partial charge in [0.2, 0.25) is 31.0 Å². The normalized spacial score (nSPS) is 16.9. The molecule has 6 saturated heterocycles. The van der Waals surface area contributed by atoms with E-state index in [0.717, 1.165) is 27.4 Å². The maximum absolute atomic E-state index is 11.8. The number of aliphatic hydroxyl groups excluding tert-OH is 6. The third-order valence-corrected chi connectivity index (χ3v) is 16.1. The number of alkyl halides is 1. The predicted molar refractivity (Wildman–Crippen MR) is 536 cm³/mol. The molecule has 0 saturated carbocycles. The van der Waals surface area contributed by atoms with E-state index in [2.05, 4.69) is 94.8 Å². The summed E-state index contributed by atoms with van der Waals surface area (Å²) in [6.07, 6.45) is -4.82. The number of esters is 6. The number of aliphatic carboxylic acids is 1. The molecule has 0 aliphatic carbocycles. The van der Waals surface area contributed by atoms with Crippen LogP contribution in [0.1, 0.15) is 212 Å². The quantitative estimate of drug-likeness (QED) is 0.00952. The van der Waals surface area contributed by atoms with Crippen LogP contribution in [0.4, 0.5) is 9.59 Å². The van der Waals surface area contributed by atoms with Crippen molar-refractivity contribution in [2.45, 2.75) is 279 Å². The summed E-state index contributed by atoms with van der Waals surface area (Å²) < 4.78 is 112. The van der Waals surface area contributed by atoms with E-state index in [-0.39, 0.29) is 167 Å². The Morgan fingerprint density at radius 2 is 0.765 bits per heavy atom. The molecule has 0 aromatic rings. The molecule has 56 nitrogen and oxygen atoms in total. The van der Waals surface area contributed by atoms with E-state index in [1.165, 1.54) is 62.6 Å². The number of aliphatic hydroxyl groups is 6. The maximum Gasteiger partial charge on any atom is 0.407 e. The lowest BCUT2D eigenvalue weighted by atomic mass is 10.1. The standard InChI is InChI=1S/C13H21NO6.C11H20N2O5.C10H13NO6.C10H17NO6.C10H17NO5.C7H16N2O2.C7H12O4.C6H12N2O3.C6H10O4.C4H8O.CH3Cl.3CH4O.CH4.2ClH.HNS/c1-13(2)19-8-10(20-13)9(15)5-4-6-14-11(16)7-12(17)18-3;1-11(2,3)18-10(16)13-6-5-12-8(14)7-9(15)17-4;1-10(2)15-5-6(16-10)9(14)17-11-7(12)3-4-8(11)13;1-17-10(16)5-9(15)11-4-2-3-7(13)8(14)6-12;1-7(12)8(13)4-3-5-11-9(14)6-10(15)16-2;1-7(2,3)11-6(10)9-5-4-8;1-7(2)10-4-5(11-7)6(8)9-3;1-11-6(10)4-5(9)8-3-2-7;1-6(2)9-3-4(10-6)5(7)8;1-2-4-5-3-1;4*1-2;;;;1-2/h10H,4-8H2,1-3H3,(H,14,16);5-7H2,1-4H3,(H,12,14)(H,13,16);6H,3-5H2,1-2H3;8,12,14H,2-6H2,1H3,(H,11,15);7,12H,3-6H2,1-2H3,(H,11,14);4-5,8H2,1-3H3,(H,9,10);5H,4H2,1-3H3;2-4,7H2,1H3,(H,8,9);4H,3H2,1-2H3,(H,7,8);1-4H2;1H3;3*2H,1H3;1H4;2*1H;1H/t10-;;6-;8-;7-;;5-;;4-;;;;;;;;;/m0.000.0.0........./s1/i;;;;1T;;;;;;1TD;2D;;;;;;. The van der Waals surface area contributed by atoms with Crippen molar-refractivity contribution in [3.63, 3.8) is 0 Å². The first kappa shape index (κ1) is 154. The Labute approximate surface area is 898 Å². The minimum Gasteiger partial charge on any atom is -0.479 e. The van der Waals surface area contributed by atoms with Crippen LogP contribution in [0.5, 0.6) is 0 Å². The number of ether oxygens (including phenoxy) is 17. The highest BCUT2D eigenvalue weighted by Gasteiger charge is 2.43. The predicted octanol–water partition coefficient (Wildman–Crippen LogP) is -0.254. The highest BCUT2D eigenvalue weighted by Crippen LogP contribution is 2.27. The van der Waals surface area contributed by atoms with Gasteiger partial charge in [-0.05, 0) is 136 Å². The lowest BCUT2D eigenvalue weighted by molar-refractivity contribution is -0.208. The monoisotopic (exact) mass is 2250 g/mol. The maximum atomic E-state index is 11.8. The molecular weight excluding hydrogens is 2080 g/mol. The number of nitrogens with one attached hydrogen (secondary N) is 8. The minimum absolute atomic E-state index is 0. The van der Waals surface area contributed by atoms with Gasteiger partial charge in [0.25, 0.3) is 11.8 Å². The lowest BCUT2D eigenvalue weighted by Crippen LogP contribution is -2.38. The Morgan fingerprint density at radius 3 is 1.03 bits per heavy atom. The largest absolute Gasteiger partial charge is 0.479 e. The van der Waals surface area contributed by atoms with Gasteiger partial charge >= 0.3 is 59.9 Å². The van der Waals surface area contributed by atoms with Crippen LogP contribution in [0.15, 0.2) is 0 Å². The van der Waals surface area contributed by atoms with Gasteiger partial charge in [0, 0.05) is 148 Å². The van der Waals surface area contributed by atoms with E-state index in [1.807, 2.05) is 20.8 Å². The first-order valence-corrected chi connectivity index (χ1v) is 45.4. The first-order chi connectivity index (χ1) is 69.8. The van der Waals surface area contributed by atoms with E-state index in [4.69, 9.17) is 109 Å². The molecule has 0 spiro atoms. The van der Waals surface area contributed by atoms with Gasteiger partial charge in [-0.1, -0.05) is 7.43 Å². The third-order valence-electron chi connectivity index (χ3n) is 16.1. The van der Waals surface area contributed by atoms with Gasteiger partial charge in [0.15, 0.2) is 58.8 Å². The summed E-state index contributed by atoms with van der Waals surface area (Å²) in [6.45, 7) is 29.1. The molecule has 0 radical (unpaired) electrons. The molecule has 876 valence electrons. The number of hydrogen-bond acceptors (Lipinski definition) is 48. The fourth-order valence-electron chi connectivity index (χ4n) is 9.49. The van der Waals surface area contributed by atoms with Crippen LogP contribution in [0.3, 0.4) is 0 Å². The van der Waals surface area contributed by atoms with Gasteiger partial charge in [0.1, 0.15) is 61.6 Å². The summed E-state index contributed by atoms with van der Waals surface area (Å²) in [5, 5.41) is 70.1. The van der Waals surface area contributed by atoms with Crippen molar-refractivity contribution in [2.75, 3.05) is 175 Å². The average Bonchev–Trinajstić information content (AvgIpc) is 1.75. The first-order valence-electron chi connectivity index (χ1n) is 46.8. The fraction of sp³-hybridized carbons (Fsp3) is 0.775. The summed E-state index contributed by atoms with van der Waals surface area (Å²) in [5.41, 5.74) is 9.29. The molecule has 1 unspecified atom stereocenters. The second kappa shape index (κ2) is 97.5. The number of imide groups is 1. The van der Waals surface area contributed by atoms with Gasteiger partial charge in [-0.2, -0.15) is 0 Å². The van der Waals surface area contributed by atoms with Gasteiger partial charge in [0.05, 0.1) is 75.7 Å². The van der Waals surface area contributed by atoms with Crippen molar-refractivity contribution in [3.8, 4) is 0 Å². The SMILES string of the molecule is C.C1CCOC1.CC(C)(C)OC(=O)NCCN.CC1(C)OC[C@@H](C(=O)O)O1.CC1(C)OC[C@@H](C(=O)ON2C(=O)CCC2=O)O1.CO.CO.COC(=O)CC(=O)NCCCC(=O)[C@@H](O)CO.COC(=O)CC(=O)NCCCC(=O)[C@@H]1COC(C)(C)O1.COC(=O)CC(=O)NCCN.COC(=O)CC(=O)NCCNC(=O)OC(C)(C)C.COC(=O)[C@@H]1COC(C)(C)O1.Cl.Cl.N=S.[2H]C([3H])Cl.[2H]OC.[3H]C[C@H](O)C(=O)CCCNC(=O)CC(=O)OC. The van der Waals surface area contributed by atoms with Crippen LogP contribution in [-0.2, 0) is 184 Å². The van der Waals surface area contributed by atoms with Crippen LogP contribution in [-0.4, -0.2) is 407 Å². The van der Waals surface area contributed by atoms with Gasteiger partial charge in [-0.15, -0.1) is 41.5 Å². The van der Waals surface area contributed by atoms with E-state index in [9.17, 15) is 95.9 Å². The number of ketones is 3. The van der Waals surface area contributed by atoms with Gasteiger partial charge < -0.3 is 170 Å². The third kappa shape index (κ3) is 99.7. The Bertz CT molecular complexity index is 3810. The number of carboxylic acid groups (broad SMARTS) is 1. The number of carbonyl (C=O) groups excluding carboxylic acids is 19. The van der Waals surface area contributed by atoms with Crippen molar-refractivity contribution in [1.29, 1.82) is 6.21 Å². The van der Waals surface area contributed by atoms with Crippen molar-refractivity contribution >= 4 is 167 Å². The lowest BCUT2D eigenvalue weighted by Gasteiger charge is -2.19. The number of amides is 9. The summed E-state index contributed by atoms with van der Waals surface area (Å²) in [7, 11) is 10.7. The number of methoxy groups -OCH3 is 6. The molecule has 6 aliphatic rings. The number of alkyl carbamates (subject to hydrolysis) is 2. The minimum atomic E-state index is -1.36. The number of Topliss-reactive ketones (excluding diaryl/α,β-unsaturated/α-hetero) is 3. The Hall–Kier alpha value is -9.99. The zero-order valence-corrected chi connectivity index (χ0v) is 91.7. The molecule has 7 atom stereocenters. The molecule has 0 aromatic heterocycles. The van der Waals surface area contributed by atoms with Crippen LogP contribution >= 0.6 is 36.4 Å². The number of carboxylic acids is 1. The Balaban J connectivity index is -0.000000144. The van der Waals surface area contributed by atoms with E-state index in [0.29, 0.717) is 63.5 Å². The molecule has 149 heavy (non-hydrogen) atoms. The topological polar surface area (TPSA) is 812 Å². The highest BCUT2D eigenvalue weighted by molar-refractivity contribution is 7.45. The summed E-state index contributed by atoms with van der Waals surface area (Å²) >= 11 is 7.94. The molecule has 6 heterocycles. The van der Waals surface area contributed by atoms with Crippen LogP contribution in [0, 0.1) is 4.78 Å². The summed E-state index contributed by atoms with van der Waals surface area (Å²) in [4.78, 5) is 225. The zero-order chi connectivity index (χ0) is 118. The summed E-state index contributed by atoms with van der Waals surface area (Å²) in [5.74, 6) is -12.2. The van der Waals surface area contributed by atoms with E-state index < -0.39 is 185 Å². The molecule has 6 rings (SSSR count). The number of halogens is 3. The fourth-order valence-corrected chi connectivity index (χ4v) is 9.49. The highest BCUT2D eigenvalue weighted by atomic mass is 35.5. The van der Waals surface area contributed by atoms with Crippen molar-refractivity contribution in [2.24, 2.45) is 11.5 Å². The second-order valence-corrected chi connectivity index (χ2v) is 32.3. The number of nitrogens with two attached hydrogens (primary N) is 2. The van der Waals surface area contributed by atoms with Crippen molar-refractivity contribution < 1.29 is 221 Å². The Kier molecular flexibility index (Phi) is 101. The second-order valence-electron chi connectivity index (χ2n) is 32.3. The number of carbonyl (C=O) groups is 20. The average molecular weight is 2260 g/mol. The van der Waals surface area contributed by atoms with Gasteiger partial charge in [-0.3, -0.25) is 71.9 Å². The number of nitrogens with zero attached hydrogens (tertiary/aromatic N) is 1. The van der Waals surface area contributed by atoms with Crippen LogP contribution in [0.2, 0.25) is 0 Å². The van der Waals surface area contributed by atoms with Crippen molar-refractivity contribution in [3.05, 3.63) is 0 Å². The van der Waals surface area contributed by atoms with E-state index >= 15 is 0 Å². The van der Waals surface area contributed by atoms with Crippen LogP contribution < -0.4 is 48.7 Å².